The van der Waals surface area contributed by atoms with Crippen molar-refractivity contribution in [2.24, 2.45) is 0 Å². The molecule has 1 heterocycles. The molecule has 3 nitrogen and oxygen atoms in total. The highest BCUT2D eigenvalue weighted by Gasteiger charge is 2.30. The number of rotatable bonds is 2. The maximum atomic E-state index is 12.9. The molecule has 0 bridgehead atoms. The highest BCUT2D eigenvalue weighted by molar-refractivity contribution is 5.73. The number of hydrogen-bond donors (Lipinski definition) is 0. The Bertz CT molecular complexity index is 446. The van der Waals surface area contributed by atoms with Crippen LogP contribution in [0.3, 0.4) is 0 Å². The van der Waals surface area contributed by atoms with E-state index in [4.69, 9.17) is 0 Å². The summed E-state index contributed by atoms with van der Waals surface area (Å²) in [5.41, 5.74) is 1.11. The highest BCUT2D eigenvalue weighted by Crippen LogP contribution is 2.18. The molecule has 2 rings (SSSR count). The van der Waals surface area contributed by atoms with Gasteiger partial charge in [-0.1, -0.05) is 12.1 Å². The Morgan fingerprint density at radius 1 is 1.21 bits per heavy atom. The molecule has 1 fully saturated rings. The van der Waals surface area contributed by atoms with E-state index in [9.17, 15) is 9.18 Å². The van der Waals surface area contributed by atoms with E-state index in [-0.39, 0.29) is 17.8 Å². The van der Waals surface area contributed by atoms with E-state index >= 15 is 0 Å². The first-order chi connectivity index (χ1) is 8.97. The summed E-state index contributed by atoms with van der Waals surface area (Å²) in [6.07, 6.45) is 0. The van der Waals surface area contributed by atoms with E-state index < -0.39 is 0 Å². The second-order valence-corrected chi connectivity index (χ2v) is 5.43. The number of nitrogens with zero attached hydrogens (tertiary/aromatic N) is 2. The van der Waals surface area contributed by atoms with Gasteiger partial charge >= 0.3 is 0 Å². The van der Waals surface area contributed by atoms with E-state index in [1.165, 1.54) is 12.1 Å². The largest absolute Gasteiger partial charge is 0.337 e. The number of benzene rings is 1. The Labute approximate surface area is 114 Å². The smallest absolute Gasteiger partial charge is 0.219 e. The summed E-state index contributed by atoms with van der Waals surface area (Å²) in [6.45, 7) is 8.25. The fourth-order valence-corrected chi connectivity index (χ4v) is 2.68. The molecule has 2 unspecified atom stereocenters. The number of carbonyl (C=O) groups excluding carboxylic acids is 1. The topological polar surface area (TPSA) is 23.6 Å². The van der Waals surface area contributed by atoms with Crippen LogP contribution in [0.1, 0.15) is 26.3 Å². The van der Waals surface area contributed by atoms with Gasteiger partial charge in [0.05, 0.1) is 0 Å². The summed E-state index contributed by atoms with van der Waals surface area (Å²) < 4.78 is 12.9. The second kappa shape index (κ2) is 5.70. The standard InChI is InChI=1S/C15H21FN2O/c1-11-9-18(13(3)19)12(2)8-17(11)10-14-4-6-15(16)7-5-14/h4-7,11-12H,8-10H2,1-3H3. The van der Waals surface area contributed by atoms with Gasteiger partial charge in [-0.15, -0.1) is 0 Å². The van der Waals surface area contributed by atoms with Gasteiger partial charge in [0.25, 0.3) is 0 Å². The van der Waals surface area contributed by atoms with Crippen molar-refractivity contribution in [1.29, 1.82) is 0 Å². The number of amides is 1. The van der Waals surface area contributed by atoms with Gasteiger partial charge in [0.1, 0.15) is 5.82 Å². The van der Waals surface area contributed by atoms with E-state index in [1.807, 2.05) is 17.0 Å². The number of hydrogen-bond acceptors (Lipinski definition) is 2. The lowest BCUT2D eigenvalue weighted by Crippen LogP contribution is -2.57. The van der Waals surface area contributed by atoms with Crippen LogP contribution in [0, 0.1) is 5.82 Å². The van der Waals surface area contributed by atoms with Crippen LogP contribution in [0.15, 0.2) is 24.3 Å². The SMILES string of the molecule is CC(=O)N1CC(C)N(Cc2ccc(F)cc2)CC1C. The average molecular weight is 264 g/mol. The zero-order valence-corrected chi connectivity index (χ0v) is 11.8. The molecule has 1 aliphatic heterocycles. The third kappa shape index (κ3) is 3.32. The van der Waals surface area contributed by atoms with Crippen molar-refractivity contribution < 1.29 is 9.18 Å². The van der Waals surface area contributed by atoms with Crippen molar-refractivity contribution in [3.8, 4) is 0 Å². The van der Waals surface area contributed by atoms with Crippen molar-refractivity contribution in [2.75, 3.05) is 13.1 Å². The molecule has 1 aromatic carbocycles. The zero-order valence-electron chi connectivity index (χ0n) is 11.8. The van der Waals surface area contributed by atoms with Gasteiger partial charge < -0.3 is 4.90 Å². The Kier molecular flexibility index (Phi) is 4.20. The predicted molar refractivity (Wildman–Crippen MR) is 73.1 cm³/mol. The Morgan fingerprint density at radius 3 is 2.42 bits per heavy atom. The van der Waals surface area contributed by atoms with Gasteiger partial charge in [0.2, 0.25) is 5.91 Å². The van der Waals surface area contributed by atoms with Gasteiger partial charge in [-0.25, -0.2) is 4.39 Å². The number of carbonyl (C=O) groups is 1. The first kappa shape index (κ1) is 14.0. The second-order valence-electron chi connectivity index (χ2n) is 5.43. The van der Waals surface area contributed by atoms with E-state index in [1.54, 1.807) is 6.92 Å². The summed E-state index contributed by atoms with van der Waals surface area (Å²) >= 11 is 0. The molecular weight excluding hydrogens is 243 g/mol. The van der Waals surface area contributed by atoms with Gasteiger partial charge in [0, 0.05) is 38.6 Å². The zero-order chi connectivity index (χ0) is 14.0. The van der Waals surface area contributed by atoms with Crippen molar-refractivity contribution in [3.63, 3.8) is 0 Å². The van der Waals surface area contributed by atoms with Gasteiger partial charge in [-0.3, -0.25) is 9.69 Å². The summed E-state index contributed by atoms with van der Waals surface area (Å²) in [5, 5.41) is 0. The Morgan fingerprint density at radius 2 is 1.84 bits per heavy atom. The van der Waals surface area contributed by atoms with Crippen LogP contribution >= 0.6 is 0 Å². The van der Waals surface area contributed by atoms with Crippen LogP contribution < -0.4 is 0 Å². The molecule has 0 N–H and O–H groups in total. The van der Waals surface area contributed by atoms with Crippen molar-refractivity contribution in [2.45, 2.75) is 39.4 Å². The van der Waals surface area contributed by atoms with Crippen LogP contribution in [0.2, 0.25) is 0 Å². The van der Waals surface area contributed by atoms with E-state index in [0.717, 1.165) is 25.2 Å². The lowest BCUT2D eigenvalue weighted by Gasteiger charge is -2.43. The van der Waals surface area contributed by atoms with E-state index in [2.05, 4.69) is 18.7 Å². The quantitative estimate of drug-likeness (QED) is 0.818. The van der Waals surface area contributed by atoms with Crippen molar-refractivity contribution >= 4 is 5.91 Å². The molecule has 0 saturated carbocycles. The molecule has 19 heavy (non-hydrogen) atoms. The maximum absolute atomic E-state index is 12.9. The van der Waals surface area contributed by atoms with Gasteiger partial charge in [-0.2, -0.15) is 0 Å². The molecule has 2 atom stereocenters. The fourth-order valence-electron chi connectivity index (χ4n) is 2.68. The Balaban J connectivity index is 2.02. The molecule has 0 radical (unpaired) electrons. The predicted octanol–water partition coefficient (Wildman–Crippen LogP) is 2.27. The molecule has 4 heteroatoms. The normalized spacial score (nSPS) is 24.5. The van der Waals surface area contributed by atoms with Crippen molar-refractivity contribution in [1.82, 2.24) is 9.80 Å². The fraction of sp³-hybridized carbons (Fsp3) is 0.533. The number of halogens is 1. The molecule has 0 aliphatic carbocycles. The minimum atomic E-state index is -0.202. The minimum absolute atomic E-state index is 0.140. The summed E-state index contributed by atoms with van der Waals surface area (Å²) in [5.74, 6) is -0.0626. The van der Waals surface area contributed by atoms with E-state index in [0.29, 0.717) is 6.04 Å². The monoisotopic (exact) mass is 264 g/mol. The van der Waals surface area contributed by atoms with Crippen LogP contribution in [0.4, 0.5) is 4.39 Å². The summed E-state index contributed by atoms with van der Waals surface area (Å²) in [4.78, 5) is 15.8. The van der Waals surface area contributed by atoms with Crippen LogP contribution in [-0.2, 0) is 11.3 Å². The molecule has 104 valence electrons. The third-order valence-corrected chi connectivity index (χ3v) is 3.82. The lowest BCUT2D eigenvalue weighted by atomic mass is 10.1. The molecular formula is C15H21FN2O. The highest BCUT2D eigenvalue weighted by atomic mass is 19.1. The first-order valence-electron chi connectivity index (χ1n) is 6.73. The first-order valence-corrected chi connectivity index (χ1v) is 6.73. The lowest BCUT2D eigenvalue weighted by molar-refractivity contribution is -0.134. The van der Waals surface area contributed by atoms with Gasteiger partial charge in [0.15, 0.2) is 0 Å². The summed E-state index contributed by atoms with van der Waals surface area (Å²) in [7, 11) is 0. The third-order valence-electron chi connectivity index (χ3n) is 3.82. The molecule has 0 aromatic heterocycles. The molecule has 1 aliphatic rings. The van der Waals surface area contributed by atoms with Crippen molar-refractivity contribution in [3.05, 3.63) is 35.6 Å². The Hall–Kier alpha value is -1.42. The number of piperazine rings is 1. The molecule has 1 saturated heterocycles. The maximum Gasteiger partial charge on any atom is 0.219 e. The van der Waals surface area contributed by atoms with Crippen LogP contribution in [0.25, 0.3) is 0 Å². The van der Waals surface area contributed by atoms with Gasteiger partial charge in [-0.05, 0) is 31.5 Å². The molecule has 1 amide bonds. The minimum Gasteiger partial charge on any atom is -0.337 e. The molecule has 0 spiro atoms. The molecule has 1 aromatic rings. The average Bonchev–Trinajstić information content (AvgIpc) is 2.35. The van der Waals surface area contributed by atoms with Crippen LogP contribution in [0.5, 0.6) is 0 Å². The van der Waals surface area contributed by atoms with Crippen LogP contribution in [-0.4, -0.2) is 40.9 Å². The summed E-state index contributed by atoms with van der Waals surface area (Å²) in [6, 6.07) is 7.19.